The van der Waals surface area contributed by atoms with Crippen molar-refractivity contribution >= 4 is 27.1 Å². The number of benzene rings is 1. The van der Waals surface area contributed by atoms with E-state index in [0.717, 1.165) is 75.5 Å². The van der Waals surface area contributed by atoms with Crippen LogP contribution < -0.4 is 5.73 Å². The van der Waals surface area contributed by atoms with Crippen molar-refractivity contribution in [2.45, 2.75) is 121 Å². The minimum Gasteiger partial charge on any atom is -0.382 e. The maximum atomic E-state index is 12.2. The van der Waals surface area contributed by atoms with Crippen LogP contribution in [0.5, 0.6) is 0 Å². The average molecular weight is 606 g/mol. The Morgan fingerprint density at radius 1 is 0.744 bits per heavy atom. The number of fused-ring (bicyclic) bond motifs is 1. The van der Waals surface area contributed by atoms with Gasteiger partial charge in [0.25, 0.3) is 10.1 Å². The van der Waals surface area contributed by atoms with E-state index in [9.17, 15) is 8.42 Å². The Hall–Kier alpha value is -3.40. The summed E-state index contributed by atoms with van der Waals surface area (Å²) in [5.41, 5.74) is 8.38. The maximum Gasteiger partial charge on any atom is 0.296 e. The number of aromatic nitrogens is 4. The third kappa shape index (κ3) is 13.2. The number of rotatable bonds is 20. The second-order valence-electron chi connectivity index (χ2n) is 11.0. The van der Waals surface area contributed by atoms with Crippen molar-refractivity contribution in [2.75, 3.05) is 12.3 Å². The van der Waals surface area contributed by atoms with Gasteiger partial charge in [0, 0.05) is 19.4 Å². The lowest BCUT2D eigenvalue weighted by Gasteiger charge is -2.06. The summed E-state index contributed by atoms with van der Waals surface area (Å²) in [7, 11) is -3.64. The van der Waals surface area contributed by atoms with Gasteiger partial charge in [0.15, 0.2) is 11.5 Å². The van der Waals surface area contributed by atoms with E-state index in [4.69, 9.17) is 9.92 Å². The standard InChI is InChI=1S/C34H47N5O3S/c1-30-22-24-31(25-23-30)43(40,41)42-27-21-19-17-15-13-11-9-7-5-3-2-4-6-8-10-12-14-16-18-20-26-39-29-38-32-33(35)36-28-37-34(32)39/h22-25,28-29H,6-21,26-27H2,1H3,(H2,35,36,37). The minimum absolute atomic E-state index is 0.224. The van der Waals surface area contributed by atoms with Gasteiger partial charge >= 0.3 is 0 Å². The summed E-state index contributed by atoms with van der Waals surface area (Å²) < 4.78 is 31.5. The quantitative estimate of drug-likeness (QED) is 0.0813. The minimum atomic E-state index is -3.64. The van der Waals surface area contributed by atoms with Gasteiger partial charge in [-0.2, -0.15) is 8.42 Å². The number of nitrogen functional groups attached to an aromatic ring is 1. The Bertz CT molecular complexity index is 1460. The molecule has 0 aliphatic rings. The second-order valence-corrected chi connectivity index (χ2v) is 12.6. The molecule has 3 rings (SSSR count). The van der Waals surface area contributed by atoms with Gasteiger partial charge in [-0.3, -0.25) is 4.18 Å². The topological polar surface area (TPSA) is 113 Å². The molecule has 9 heteroatoms. The zero-order valence-electron chi connectivity index (χ0n) is 25.7. The van der Waals surface area contributed by atoms with E-state index in [-0.39, 0.29) is 11.5 Å². The first-order valence-corrected chi connectivity index (χ1v) is 17.2. The average Bonchev–Trinajstić information content (AvgIpc) is 3.42. The summed E-state index contributed by atoms with van der Waals surface area (Å²) >= 11 is 0. The molecule has 2 heterocycles. The van der Waals surface area contributed by atoms with E-state index < -0.39 is 10.1 Å². The van der Waals surface area contributed by atoms with Crippen molar-refractivity contribution in [3.63, 3.8) is 0 Å². The number of hydrogen-bond donors (Lipinski definition) is 1. The molecule has 2 N–H and O–H groups in total. The first kappa shape index (κ1) is 34.1. The zero-order valence-corrected chi connectivity index (χ0v) is 26.5. The molecule has 0 saturated heterocycles. The van der Waals surface area contributed by atoms with Crippen LogP contribution >= 0.6 is 0 Å². The number of nitrogens with two attached hydrogens (primary N) is 1. The summed E-state index contributed by atoms with van der Waals surface area (Å²) in [6.45, 7) is 3.08. The predicted octanol–water partition coefficient (Wildman–Crippen LogP) is 7.37. The molecule has 0 spiro atoms. The van der Waals surface area contributed by atoms with Crippen LogP contribution in [0.2, 0.25) is 0 Å². The van der Waals surface area contributed by atoms with E-state index in [0.29, 0.717) is 11.3 Å². The van der Waals surface area contributed by atoms with Crippen LogP contribution in [-0.2, 0) is 20.8 Å². The van der Waals surface area contributed by atoms with Crippen molar-refractivity contribution in [2.24, 2.45) is 0 Å². The van der Waals surface area contributed by atoms with Crippen LogP contribution in [0.1, 0.15) is 108 Å². The number of anilines is 1. The fraction of sp³-hybridized carbons (Fsp3) is 0.559. The van der Waals surface area contributed by atoms with Crippen LogP contribution in [0.25, 0.3) is 11.2 Å². The Kier molecular flexibility index (Phi) is 15.6. The molecule has 0 aliphatic carbocycles. The van der Waals surface area contributed by atoms with E-state index >= 15 is 0 Å². The first-order chi connectivity index (χ1) is 21.0. The molecule has 0 saturated carbocycles. The van der Waals surface area contributed by atoms with Gasteiger partial charge in [-0.25, -0.2) is 15.0 Å². The molecule has 0 bridgehead atoms. The Labute approximate surface area is 258 Å². The summed E-state index contributed by atoms with van der Waals surface area (Å²) in [6, 6.07) is 6.75. The van der Waals surface area contributed by atoms with Gasteiger partial charge in [-0.1, -0.05) is 93.7 Å². The van der Waals surface area contributed by atoms with Crippen LogP contribution in [0.15, 0.2) is 41.8 Å². The van der Waals surface area contributed by atoms with E-state index in [2.05, 4.69) is 43.2 Å². The van der Waals surface area contributed by atoms with Gasteiger partial charge in [-0.15, -0.1) is 0 Å². The van der Waals surface area contributed by atoms with Gasteiger partial charge in [0.05, 0.1) is 17.8 Å². The van der Waals surface area contributed by atoms with E-state index in [1.165, 1.54) is 51.3 Å². The van der Waals surface area contributed by atoms with Gasteiger partial charge < -0.3 is 10.3 Å². The number of imidazole rings is 1. The first-order valence-electron chi connectivity index (χ1n) is 15.8. The monoisotopic (exact) mass is 605 g/mol. The summed E-state index contributed by atoms with van der Waals surface area (Å²) in [4.78, 5) is 12.8. The summed E-state index contributed by atoms with van der Waals surface area (Å²) in [5, 5.41) is 0. The summed E-state index contributed by atoms with van der Waals surface area (Å²) in [5.74, 6) is 12.8. The molecule has 0 fully saturated rings. The van der Waals surface area contributed by atoms with Crippen molar-refractivity contribution in [3.05, 3.63) is 42.5 Å². The van der Waals surface area contributed by atoms with Crippen molar-refractivity contribution in [1.82, 2.24) is 19.5 Å². The molecular formula is C34H47N5O3S. The third-order valence-electron chi connectivity index (χ3n) is 7.36. The number of unbranched alkanes of at least 4 members (excludes halogenated alkanes) is 14. The Morgan fingerprint density at radius 3 is 1.93 bits per heavy atom. The van der Waals surface area contributed by atoms with Crippen LogP contribution in [-0.4, -0.2) is 34.5 Å². The molecule has 0 unspecified atom stereocenters. The normalized spacial score (nSPS) is 11.2. The van der Waals surface area contributed by atoms with E-state index in [1.807, 2.05) is 6.92 Å². The smallest absolute Gasteiger partial charge is 0.296 e. The molecule has 0 amide bonds. The van der Waals surface area contributed by atoms with Gasteiger partial charge in [0.1, 0.15) is 11.8 Å². The Morgan fingerprint density at radius 2 is 1.30 bits per heavy atom. The van der Waals surface area contributed by atoms with Crippen LogP contribution in [0, 0.1) is 30.6 Å². The number of nitrogens with zero attached hydrogens (tertiary/aromatic N) is 4. The lowest BCUT2D eigenvalue weighted by molar-refractivity contribution is 0.306. The molecule has 0 radical (unpaired) electrons. The van der Waals surface area contributed by atoms with Crippen LogP contribution in [0.4, 0.5) is 5.82 Å². The molecule has 232 valence electrons. The fourth-order valence-electron chi connectivity index (χ4n) is 4.80. The second kappa shape index (κ2) is 19.7. The number of hydrogen-bond acceptors (Lipinski definition) is 7. The highest BCUT2D eigenvalue weighted by Crippen LogP contribution is 2.17. The van der Waals surface area contributed by atoms with Gasteiger partial charge in [-0.05, 0) is 56.6 Å². The lowest BCUT2D eigenvalue weighted by Crippen LogP contribution is -2.07. The maximum absolute atomic E-state index is 12.2. The molecule has 43 heavy (non-hydrogen) atoms. The fourth-order valence-corrected chi connectivity index (χ4v) is 5.74. The molecular weight excluding hydrogens is 558 g/mol. The van der Waals surface area contributed by atoms with Crippen molar-refractivity contribution in [1.29, 1.82) is 0 Å². The molecule has 0 atom stereocenters. The zero-order chi connectivity index (χ0) is 30.6. The van der Waals surface area contributed by atoms with E-state index in [1.54, 1.807) is 30.6 Å². The molecule has 2 aromatic heterocycles. The highest BCUT2D eigenvalue weighted by molar-refractivity contribution is 7.86. The van der Waals surface area contributed by atoms with Crippen LogP contribution in [0.3, 0.4) is 0 Å². The van der Waals surface area contributed by atoms with Gasteiger partial charge in [0.2, 0.25) is 0 Å². The highest BCUT2D eigenvalue weighted by atomic mass is 32.2. The lowest BCUT2D eigenvalue weighted by atomic mass is 10.1. The number of aryl methyl sites for hydroxylation is 2. The Balaban J connectivity index is 1.06. The molecule has 3 aromatic rings. The molecule has 8 nitrogen and oxygen atoms in total. The van der Waals surface area contributed by atoms with Crippen molar-refractivity contribution < 1.29 is 12.6 Å². The largest absolute Gasteiger partial charge is 0.382 e. The third-order valence-corrected chi connectivity index (χ3v) is 8.69. The SMILES string of the molecule is Cc1ccc(S(=O)(=O)OCCCCCCCCCC#CC#CCCCCCCCCCn2cnc3c(N)ncnc32)cc1. The molecule has 1 aromatic carbocycles. The predicted molar refractivity (Wildman–Crippen MR) is 173 cm³/mol. The van der Waals surface area contributed by atoms with Crippen molar-refractivity contribution in [3.8, 4) is 23.7 Å². The summed E-state index contributed by atoms with van der Waals surface area (Å²) in [6.07, 6.45) is 21.0. The highest BCUT2D eigenvalue weighted by Gasteiger charge is 2.14. The molecule has 0 aliphatic heterocycles.